The number of halogens is 2. The number of aliphatic hydroxyl groups is 1. The van der Waals surface area contributed by atoms with Gasteiger partial charge in [-0.05, 0) is 6.07 Å². The predicted molar refractivity (Wildman–Crippen MR) is 53.2 cm³/mol. The summed E-state index contributed by atoms with van der Waals surface area (Å²) in [5.41, 5.74) is -0.385. The zero-order valence-corrected chi connectivity index (χ0v) is 8.67. The second-order valence-corrected chi connectivity index (χ2v) is 4.12. The van der Waals surface area contributed by atoms with Crippen LogP contribution in [0.4, 0.5) is 8.78 Å². The molecule has 0 fully saturated rings. The Labute approximate surface area is 87.2 Å². The Kier molecular flexibility index (Phi) is 3.29. The summed E-state index contributed by atoms with van der Waals surface area (Å²) in [6.45, 7) is 3.29. The molecule has 0 radical (unpaired) electrons. The molecule has 0 bridgehead atoms. The Hall–Kier alpha value is -1.16. The van der Waals surface area contributed by atoms with Gasteiger partial charge in [0.2, 0.25) is 0 Å². The van der Waals surface area contributed by atoms with Gasteiger partial charge in [-0.2, -0.15) is 0 Å². The third-order valence-electron chi connectivity index (χ3n) is 2.40. The summed E-state index contributed by atoms with van der Waals surface area (Å²) < 4.78 is 24.6. The summed E-state index contributed by atoms with van der Waals surface area (Å²) in [5.74, 6) is -0.202. The number of rotatable bonds is 3. The van der Waals surface area contributed by atoms with Crippen LogP contribution in [0.3, 0.4) is 0 Å². The number of phenols is 1. The van der Waals surface area contributed by atoms with Crippen molar-refractivity contribution in [3.8, 4) is 5.75 Å². The lowest BCUT2D eigenvalue weighted by Gasteiger charge is -2.23. The molecule has 0 amide bonds. The van der Waals surface area contributed by atoms with Crippen LogP contribution in [0.15, 0.2) is 18.2 Å². The minimum absolute atomic E-state index is 0.158. The van der Waals surface area contributed by atoms with E-state index in [0.29, 0.717) is 5.56 Å². The average Bonchev–Trinajstić information content (AvgIpc) is 2.17. The molecule has 0 spiro atoms. The maximum Gasteiger partial charge on any atom is 0.263 e. The quantitative estimate of drug-likeness (QED) is 0.815. The largest absolute Gasteiger partial charge is 0.508 e. The number of aliphatic hydroxyl groups excluding tert-OH is 1. The summed E-state index contributed by atoms with van der Waals surface area (Å²) in [7, 11) is 0. The van der Waals surface area contributed by atoms with Gasteiger partial charge < -0.3 is 10.2 Å². The highest BCUT2D eigenvalue weighted by molar-refractivity contribution is 5.41. The molecule has 0 heterocycles. The normalized spacial score (nSPS) is 12.1. The van der Waals surface area contributed by atoms with Crippen molar-refractivity contribution in [3.05, 3.63) is 29.3 Å². The van der Waals surface area contributed by atoms with Gasteiger partial charge in [-0.1, -0.05) is 26.0 Å². The van der Waals surface area contributed by atoms with Gasteiger partial charge in [-0.3, -0.25) is 0 Å². The van der Waals surface area contributed by atoms with Crippen molar-refractivity contribution in [1.82, 2.24) is 0 Å². The first-order valence-corrected chi connectivity index (χ1v) is 4.61. The first-order valence-electron chi connectivity index (χ1n) is 4.61. The molecule has 4 heteroatoms. The van der Waals surface area contributed by atoms with Gasteiger partial charge in [0.1, 0.15) is 5.75 Å². The van der Waals surface area contributed by atoms with Crippen LogP contribution < -0.4 is 0 Å². The van der Waals surface area contributed by atoms with Crippen molar-refractivity contribution in [2.45, 2.75) is 25.7 Å². The molecule has 0 atom stereocenters. The Bertz CT molecular complexity index is 348. The van der Waals surface area contributed by atoms with Crippen molar-refractivity contribution < 1.29 is 19.0 Å². The summed E-state index contributed by atoms with van der Waals surface area (Å²) >= 11 is 0. The number of alkyl halides is 2. The SMILES string of the molecule is CC(C)(CO)c1ccc(C(F)F)cc1O. The van der Waals surface area contributed by atoms with E-state index in [9.17, 15) is 13.9 Å². The van der Waals surface area contributed by atoms with E-state index in [2.05, 4.69) is 0 Å². The number of aromatic hydroxyl groups is 1. The lowest BCUT2D eigenvalue weighted by molar-refractivity contribution is 0.151. The van der Waals surface area contributed by atoms with Gasteiger partial charge in [0, 0.05) is 16.5 Å². The van der Waals surface area contributed by atoms with Crippen LogP contribution in [-0.2, 0) is 5.41 Å². The second kappa shape index (κ2) is 4.14. The standard InChI is InChI=1S/C11H14F2O2/c1-11(2,6-14)8-4-3-7(10(12)13)5-9(8)15/h3-5,10,14-15H,6H2,1-2H3. The number of hydrogen-bond donors (Lipinski definition) is 2. The van der Waals surface area contributed by atoms with E-state index < -0.39 is 11.8 Å². The molecule has 0 aliphatic carbocycles. The van der Waals surface area contributed by atoms with E-state index in [1.165, 1.54) is 12.1 Å². The van der Waals surface area contributed by atoms with Crippen molar-refractivity contribution in [3.63, 3.8) is 0 Å². The van der Waals surface area contributed by atoms with E-state index in [1.807, 2.05) is 0 Å². The molecule has 2 nitrogen and oxygen atoms in total. The number of benzene rings is 1. The maximum absolute atomic E-state index is 12.3. The monoisotopic (exact) mass is 216 g/mol. The van der Waals surface area contributed by atoms with Gasteiger partial charge >= 0.3 is 0 Å². The van der Waals surface area contributed by atoms with E-state index in [0.717, 1.165) is 6.07 Å². The third-order valence-corrected chi connectivity index (χ3v) is 2.40. The predicted octanol–water partition coefficient (Wildman–Crippen LogP) is 2.60. The van der Waals surface area contributed by atoms with Crippen molar-refractivity contribution in [2.24, 2.45) is 0 Å². The topological polar surface area (TPSA) is 40.5 Å². The van der Waals surface area contributed by atoms with Crippen molar-refractivity contribution in [2.75, 3.05) is 6.61 Å². The van der Waals surface area contributed by atoms with E-state index >= 15 is 0 Å². The fourth-order valence-electron chi connectivity index (χ4n) is 1.34. The Balaban J connectivity index is 3.14. The first kappa shape index (κ1) is 11.9. The van der Waals surface area contributed by atoms with Gasteiger partial charge in [0.15, 0.2) is 0 Å². The molecular formula is C11H14F2O2. The van der Waals surface area contributed by atoms with Crippen LogP contribution >= 0.6 is 0 Å². The zero-order valence-electron chi connectivity index (χ0n) is 8.67. The van der Waals surface area contributed by atoms with Crippen LogP contribution in [0.25, 0.3) is 0 Å². The molecule has 1 aromatic carbocycles. The molecule has 0 aromatic heterocycles. The van der Waals surface area contributed by atoms with Gasteiger partial charge in [-0.15, -0.1) is 0 Å². The van der Waals surface area contributed by atoms with E-state index in [4.69, 9.17) is 5.11 Å². The molecule has 0 saturated heterocycles. The first-order chi connectivity index (χ1) is 6.88. The van der Waals surface area contributed by atoms with E-state index in [-0.39, 0.29) is 17.9 Å². The minimum atomic E-state index is -2.60. The fraction of sp³-hybridized carbons (Fsp3) is 0.455. The second-order valence-electron chi connectivity index (χ2n) is 4.12. The third kappa shape index (κ3) is 2.45. The fourth-order valence-corrected chi connectivity index (χ4v) is 1.34. The van der Waals surface area contributed by atoms with Crippen LogP contribution in [-0.4, -0.2) is 16.8 Å². The van der Waals surface area contributed by atoms with Crippen LogP contribution in [0, 0.1) is 0 Å². The van der Waals surface area contributed by atoms with Crippen molar-refractivity contribution >= 4 is 0 Å². The molecule has 0 saturated carbocycles. The summed E-state index contributed by atoms with van der Waals surface area (Å²) in [5, 5.41) is 18.7. The molecule has 0 unspecified atom stereocenters. The Morgan fingerprint density at radius 3 is 2.33 bits per heavy atom. The zero-order chi connectivity index (χ0) is 11.6. The highest BCUT2D eigenvalue weighted by atomic mass is 19.3. The van der Waals surface area contributed by atoms with Gasteiger partial charge in [0.05, 0.1) is 6.61 Å². The van der Waals surface area contributed by atoms with Gasteiger partial charge in [-0.25, -0.2) is 8.78 Å². The molecule has 15 heavy (non-hydrogen) atoms. The maximum atomic E-state index is 12.3. The highest BCUT2D eigenvalue weighted by Crippen LogP contribution is 2.33. The number of phenolic OH excluding ortho intramolecular Hbond substituents is 1. The molecular weight excluding hydrogens is 202 g/mol. The summed E-state index contributed by atoms with van der Waals surface area (Å²) in [6, 6.07) is 3.72. The molecule has 0 aliphatic rings. The summed E-state index contributed by atoms with van der Waals surface area (Å²) in [4.78, 5) is 0. The molecule has 2 N–H and O–H groups in total. The number of hydrogen-bond acceptors (Lipinski definition) is 2. The van der Waals surface area contributed by atoms with E-state index in [1.54, 1.807) is 13.8 Å². The smallest absolute Gasteiger partial charge is 0.263 e. The molecule has 0 aliphatic heterocycles. The van der Waals surface area contributed by atoms with Crippen LogP contribution in [0.5, 0.6) is 5.75 Å². The average molecular weight is 216 g/mol. The Morgan fingerprint density at radius 1 is 1.33 bits per heavy atom. The van der Waals surface area contributed by atoms with Gasteiger partial charge in [0.25, 0.3) is 6.43 Å². The minimum Gasteiger partial charge on any atom is -0.508 e. The van der Waals surface area contributed by atoms with Crippen LogP contribution in [0.1, 0.15) is 31.4 Å². The Morgan fingerprint density at radius 2 is 1.93 bits per heavy atom. The molecule has 1 aromatic rings. The van der Waals surface area contributed by atoms with Crippen molar-refractivity contribution in [1.29, 1.82) is 0 Å². The lowest BCUT2D eigenvalue weighted by atomic mass is 9.84. The highest BCUT2D eigenvalue weighted by Gasteiger charge is 2.23. The molecule has 1 rings (SSSR count). The molecule has 84 valence electrons. The lowest BCUT2D eigenvalue weighted by Crippen LogP contribution is -2.22. The van der Waals surface area contributed by atoms with Crippen LogP contribution in [0.2, 0.25) is 0 Å². The summed E-state index contributed by atoms with van der Waals surface area (Å²) in [6.07, 6.45) is -2.60.